The number of carbonyl (C=O) groups is 1. The van der Waals surface area contributed by atoms with Gasteiger partial charge in [-0.1, -0.05) is 29.8 Å². The summed E-state index contributed by atoms with van der Waals surface area (Å²) in [6.45, 7) is 0. The van der Waals surface area contributed by atoms with E-state index < -0.39 is 0 Å². The number of terminal acetylenes is 1. The number of hydrogen-bond donors (Lipinski definition) is 2. The summed E-state index contributed by atoms with van der Waals surface area (Å²) in [6, 6.07) is 7.32. The first kappa shape index (κ1) is 16.1. The number of amides is 1. The molecule has 2 heterocycles. The van der Waals surface area contributed by atoms with Crippen molar-refractivity contribution < 1.29 is 9.53 Å². The molecule has 1 aliphatic rings. The Labute approximate surface area is 143 Å². The Balaban J connectivity index is 2.04. The zero-order valence-electron chi connectivity index (χ0n) is 13.0. The minimum absolute atomic E-state index is 0.172. The maximum Gasteiger partial charge on any atom is 0.257 e. The van der Waals surface area contributed by atoms with Crippen molar-refractivity contribution >= 4 is 23.5 Å². The van der Waals surface area contributed by atoms with E-state index in [1.165, 1.54) is 11.8 Å². The fourth-order valence-electron chi connectivity index (χ4n) is 2.65. The Bertz CT molecular complexity index is 868. The molecule has 0 saturated carbocycles. The summed E-state index contributed by atoms with van der Waals surface area (Å²) in [5, 5.41) is 3.08. The largest absolute Gasteiger partial charge is 0.497 e. The van der Waals surface area contributed by atoms with Crippen LogP contribution in [0.25, 0.3) is 0 Å². The number of ether oxygens (including phenoxy) is 1. The molecule has 24 heavy (non-hydrogen) atoms. The average molecular weight is 341 g/mol. The molecule has 0 radical (unpaired) electrons. The van der Waals surface area contributed by atoms with E-state index in [0.29, 0.717) is 28.0 Å². The third kappa shape index (κ3) is 3.14. The van der Waals surface area contributed by atoms with Crippen LogP contribution in [0.15, 0.2) is 34.2 Å². The van der Waals surface area contributed by atoms with E-state index in [4.69, 9.17) is 11.2 Å². The molecule has 1 aliphatic heterocycles. The number of carbonyl (C=O) groups excluding carboxylic acids is 1. The summed E-state index contributed by atoms with van der Waals surface area (Å²) < 4.78 is 5.15. The van der Waals surface area contributed by atoms with Crippen LogP contribution >= 0.6 is 11.8 Å². The van der Waals surface area contributed by atoms with Crippen LogP contribution in [0, 0.1) is 12.3 Å². The molecule has 1 aromatic heterocycles. The molecule has 0 unspecified atom stereocenters. The molecule has 122 valence electrons. The Morgan fingerprint density at radius 3 is 2.79 bits per heavy atom. The number of aromatic nitrogens is 2. The standard InChI is InChI=1S/C17H15N3O3S/c1-3-8-24-17-19-15-14(16(22)20-17)12(9-13(21)18-15)10-4-6-11(23-2)7-5-10/h1,4-7,12H,8-9H2,2H3,(H2,18,19,20,21,22)/t12-/m1/s1. The number of fused-ring (bicyclic) bond motifs is 1. The molecule has 1 aromatic carbocycles. The maximum absolute atomic E-state index is 12.5. The normalized spacial score (nSPS) is 16.0. The fraction of sp³-hybridized carbons (Fsp3) is 0.235. The van der Waals surface area contributed by atoms with E-state index in [1.807, 2.05) is 12.1 Å². The van der Waals surface area contributed by atoms with E-state index in [-0.39, 0.29) is 23.8 Å². The fourth-order valence-corrected chi connectivity index (χ4v) is 3.19. The molecule has 7 heteroatoms. The highest BCUT2D eigenvalue weighted by atomic mass is 32.2. The van der Waals surface area contributed by atoms with Crippen LogP contribution in [0.4, 0.5) is 5.82 Å². The van der Waals surface area contributed by atoms with Crippen LogP contribution in [0.1, 0.15) is 23.5 Å². The van der Waals surface area contributed by atoms with Gasteiger partial charge in [-0.05, 0) is 17.7 Å². The van der Waals surface area contributed by atoms with E-state index in [9.17, 15) is 9.59 Å². The second-order valence-corrected chi connectivity index (χ2v) is 6.17. The number of H-pyrrole nitrogens is 1. The van der Waals surface area contributed by atoms with E-state index in [2.05, 4.69) is 21.2 Å². The van der Waals surface area contributed by atoms with Gasteiger partial charge < -0.3 is 15.0 Å². The first-order chi connectivity index (χ1) is 11.6. The van der Waals surface area contributed by atoms with Gasteiger partial charge in [0.25, 0.3) is 5.56 Å². The van der Waals surface area contributed by atoms with Crippen LogP contribution in [-0.4, -0.2) is 28.7 Å². The van der Waals surface area contributed by atoms with E-state index in [1.54, 1.807) is 19.2 Å². The predicted octanol–water partition coefficient (Wildman–Crippen LogP) is 1.98. The highest BCUT2D eigenvalue weighted by molar-refractivity contribution is 7.99. The molecule has 1 atom stereocenters. The highest BCUT2D eigenvalue weighted by Crippen LogP contribution is 2.34. The Morgan fingerprint density at radius 2 is 2.12 bits per heavy atom. The third-order valence-corrected chi connectivity index (χ3v) is 4.52. The maximum atomic E-state index is 12.5. The molecule has 0 bridgehead atoms. The summed E-state index contributed by atoms with van der Waals surface area (Å²) in [4.78, 5) is 31.6. The molecule has 6 nitrogen and oxygen atoms in total. The van der Waals surface area contributed by atoms with Crippen molar-refractivity contribution in [3.05, 3.63) is 45.7 Å². The molecular formula is C17H15N3O3S. The van der Waals surface area contributed by atoms with Crippen molar-refractivity contribution in [2.24, 2.45) is 0 Å². The number of aromatic amines is 1. The minimum Gasteiger partial charge on any atom is -0.497 e. The van der Waals surface area contributed by atoms with Crippen LogP contribution in [0.5, 0.6) is 5.75 Å². The second kappa shape index (κ2) is 6.81. The highest BCUT2D eigenvalue weighted by Gasteiger charge is 2.30. The lowest BCUT2D eigenvalue weighted by Crippen LogP contribution is -2.31. The first-order valence-corrected chi connectivity index (χ1v) is 8.25. The summed E-state index contributed by atoms with van der Waals surface area (Å²) in [5.41, 5.74) is 1.06. The Morgan fingerprint density at radius 1 is 1.38 bits per heavy atom. The van der Waals surface area contributed by atoms with Crippen molar-refractivity contribution in [1.82, 2.24) is 9.97 Å². The number of nitrogens with zero attached hydrogens (tertiary/aromatic N) is 1. The molecule has 0 spiro atoms. The van der Waals surface area contributed by atoms with E-state index >= 15 is 0 Å². The van der Waals surface area contributed by atoms with Crippen molar-refractivity contribution in [3.8, 4) is 18.1 Å². The van der Waals surface area contributed by atoms with Crippen molar-refractivity contribution in [3.63, 3.8) is 0 Å². The lowest BCUT2D eigenvalue weighted by molar-refractivity contribution is -0.116. The van der Waals surface area contributed by atoms with Gasteiger partial charge in [0.1, 0.15) is 11.6 Å². The molecule has 1 amide bonds. The third-order valence-electron chi connectivity index (χ3n) is 3.74. The van der Waals surface area contributed by atoms with Gasteiger partial charge in [-0.15, -0.1) is 6.42 Å². The van der Waals surface area contributed by atoms with Crippen molar-refractivity contribution in [2.45, 2.75) is 17.5 Å². The van der Waals surface area contributed by atoms with Gasteiger partial charge in [0.15, 0.2) is 5.16 Å². The van der Waals surface area contributed by atoms with Gasteiger partial charge >= 0.3 is 0 Å². The summed E-state index contributed by atoms with van der Waals surface area (Å²) in [7, 11) is 1.59. The lowest BCUT2D eigenvalue weighted by Gasteiger charge is -2.24. The number of nitrogens with one attached hydrogen (secondary N) is 2. The predicted molar refractivity (Wildman–Crippen MR) is 92.5 cm³/mol. The molecule has 0 aliphatic carbocycles. The SMILES string of the molecule is C#CCSc1nc2c(c(=O)[nH]1)[C@@H](c1ccc(OC)cc1)CC(=O)N2. The number of hydrogen-bond acceptors (Lipinski definition) is 5. The van der Waals surface area contributed by atoms with E-state index in [0.717, 1.165) is 5.56 Å². The number of methoxy groups -OCH3 is 1. The van der Waals surface area contributed by atoms with Crippen molar-refractivity contribution in [1.29, 1.82) is 0 Å². The lowest BCUT2D eigenvalue weighted by atomic mass is 9.87. The molecule has 0 fully saturated rings. The van der Waals surface area contributed by atoms with Gasteiger partial charge in [0, 0.05) is 12.3 Å². The van der Waals surface area contributed by atoms with Gasteiger partial charge in [-0.25, -0.2) is 4.98 Å². The average Bonchev–Trinajstić information content (AvgIpc) is 2.59. The molecule has 2 N–H and O–H groups in total. The molecular weight excluding hydrogens is 326 g/mol. The summed E-state index contributed by atoms with van der Waals surface area (Å²) in [6.07, 6.45) is 5.42. The summed E-state index contributed by atoms with van der Waals surface area (Å²) in [5.74, 6) is 3.36. The van der Waals surface area contributed by atoms with Crippen LogP contribution in [0.2, 0.25) is 0 Å². The van der Waals surface area contributed by atoms with Gasteiger partial charge in [-0.3, -0.25) is 9.59 Å². The minimum atomic E-state index is -0.345. The van der Waals surface area contributed by atoms with Gasteiger partial charge in [0.2, 0.25) is 5.91 Å². The monoisotopic (exact) mass is 341 g/mol. The summed E-state index contributed by atoms with van der Waals surface area (Å²) >= 11 is 1.24. The Kier molecular flexibility index (Phi) is 4.58. The van der Waals surface area contributed by atoms with Crippen LogP contribution in [-0.2, 0) is 4.79 Å². The second-order valence-electron chi connectivity index (χ2n) is 5.20. The number of anilines is 1. The van der Waals surface area contributed by atoms with Crippen molar-refractivity contribution in [2.75, 3.05) is 18.2 Å². The quantitative estimate of drug-likeness (QED) is 0.505. The zero-order chi connectivity index (χ0) is 17.1. The molecule has 2 aromatic rings. The first-order valence-electron chi connectivity index (χ1n) is 7.26. The molecule has 3 rings (SSSR count). The molecule has 0 saturated heterocycles. The van der Waals surface area contributed by atoms with Crippen LogP contribution in [0.3, 0.4) is 0 Å². The number of rotatable bonds is 4. The van der Waals surface area contributed by atoms with Gasteiger partial charge in [0.05, 0.1) is 18.4 Å². The number of benzene rings is 1. The van der Waals surface area contributed by atoms with Crippen LogP contribution < -0.4 is 15.6 Å². The zero-order valence-corrected chi connectivity index (χ0v) is 13.8. The Hall–Kier alpha value is -2.72. The number of thioether (sulfide) groups is 1. The smallest absolute Gasteiger partial charge is 0.257 e. The van der Waals surface area contributed by atoms with Gasteiger partial charge in [-0.2, -0.15) is 0 Å². The topological polar surface area (TPSA) is 84.1 Å².